The smallest absolute Gasteiger partial charge is 0.410 e. The van der Waals surface area contributed by atoms with Gasteiger partial charge in [-0.3, -0.25) is 5.10 Å². The highest BCUT2D eigenvalue weighted by Gasteiger charge is 2.27. The van der Waals surface area contributed by atoms with Gasteiger partial charge in [0, 0.05) is 67.4 Å². The first-order chi connectivity index (χ1) is 18.9. The molecule has 0 bridgehead atoms. The molecule has 1 unspecified atom stereocenters. The van der Waals surface area contributed by atoms with Crippen LogP contribution in [0.2, 0.25) is 0 Å². The number of aromatic nitrogens is 7. The van der Waals surface area contributed by atoms with E-state index in [-0.39, 0.29) is 0 Å². The summed E-state index contributed by atoms with van der Waals surface area (Å²) in [4.78, 5) is 30.2. The minimum Gasteiger partial charge on any atom is -0.441 e. The third-order valence-corrected chi connectivity index (χ3v) is 6.84. The number of halogens is 1. The van der Waals surface area contributed by atoms with Gasteiger partial charge in [0.2, 0.25) is 5.95 Å². The average Bonchev–Trinajstić information content (AvgIpc) is 3.53. The van der Waals surface area contributed by atoms with Gasteiger partial charge < -0.3 is 19.9 Å². The minimum absolute atomic E-state index is 0.391. The number of aromatic amines is 1. The van der Waals surface area contributed by atoms with Gasteiger partial charge in [0.05, 0.1) is 12.4 Å². The van der Waals surface area contributed by atoms with Crippen molar-refractivity contribution in [1.29, 1.82) is 0 Å². The lowest BCUT2D eigenvalue weighted by Gasteiger charge is -2.34. The molecule has 0 spiro atoms. The van der Waals surface area contributed by atoms with Crippen molar-refractivity contribution in [3.05, 3.63) is 65.6 Å². The Labute approximate surface area is 224 Å². The monoisotopic (exact) mass is 532 g/mol. The Balaban J connectivity index is 1.03. The molecule has 1 atom stereocenters. The molecular formula is C26H29FN10O2. The highest BCUT2D eigenvalue weighted by molar-refractivity contribution is 5.68. The number of piperazine rings is 1. The first kappa shape index (κ1) is 24.8. The second kappa shape index (κ2) is 10.3. The summed E-state index contributed by atoms with van der Waals surface area (Å²) >= 11 is 0. The maximum atomic E-state index is 13.2. The number of carbonyl (C=O) groups is 1. The molecule has 1 aliphatic carbocycles. The van der Waals surface area contributed by atoms with Crippen molar-refractivity contribution in [2.75, 3.05) is 36.4 Å². The summed E-state index contributed by atoms with van der Waals surface area (Å²) in [5.41, 5.74) is 2.72. The molecule has 5 heterocycles. The third kappa shape index (κ3) is 5.66. The Hall–Kier alpha value is -4.55. The first-order valence-electron chi connectivity index (χ1n) is 13.0. The maximum Gasteiger partial charge on any atom is 0.410 e. The van der Waals surface area contributed by atoms with Gasteiger partial charge >= 0.3 is 6.09 Å². The van der Waals surface area contributed by atoms with Crippen LogP contribution in [0.15, 0.2) is 42.9 Å². The molecule has 0 radical (unpaired) electrons. The van der Waals surface area contributed by atoms with Crippen LogP contribution in [0.5, 0.6) is 0 Å². The fourth-order valence-electron chi connectivity index (χ4n) is 4.48. The van der Waals surface area contributed by atoms with Crippen molar-refractivity contribution >= 4 is 23.7 Å². The highest BCUT2D eigenvalue weighted by atomic mass is 19.1. The molecule has 1 saturated heterocycles. The van der Waals surface area contributed by atoms with Gasteiger partial charge in [0.1, 0.15) is 11.9 Å². The summed E-state index contributed by atoms with van der Waals surface area (Å²) in [6.07, 6.45) is 5.48. The van der Waals surface area contributed by atoms with Gasteiger partial charge in [-0.2, -0.15) is 15.2 Å². The molecule has 1 aliphatic heterocycles. The van der Waals surface area contributed by atoms with Crippen LogP contribution in [-0.2, 0) is 4.74 Å². The van der Waals surface area contributed by atoms with Crippen molar-refractivity contribution < 1.29 is 13.9 Å². The second-order valence-corrected chi connectivity index (χ2v) is 9.86. The van der Waals surface area contributed by atoms with E-state index in [0.29, 0.717) is 49.7 Å². The number of hydrogen-bond acceptors (Lipinski definition) is 9. The molecule has 1 saturated carbocycles. The second-order valence-electron chi connectivity index (χ2n) is 9.86. The molecule has 0 aromatic carbocycles. The molecule has 6 rings (SSSR count). The number of aryl methyl sites for hydroxylation is 1. The summed E-state index contributed by atoms with van der Waals surface area (Å²) in [5.74, 6) is 2.66. The number of carbonyl (C=O) groups excluding carboxylic acids is 1. The highest BCUT2D eigenvalue weighted by Crippen LogP contribution is 2.39. The molecule has 2 aliphatic rings. The van der Waals surface area contributed by atoms with Crippen molar-refractivity contribution in [2.24, 2.45) is 0 Å². The summed E-state index contributed by atoms with van der Waals surface area (Å²) in [5, 5.41) is 14.6. The fraction of sp³-hybridized carbons (Fsp3) is 0.385. The lowest BCUT2D eigenvalue weighted by Crippen LogP contribution is -2.49. The molecule has 2 N–H and O–H groups in total. The van der Waals surface area contributed by atoms with Gasteiger partial charge in [-0.05, 0) is 32.8 Å². The molecule has 2 fully saturated rings. The number of rotatable bonds is 7. The zero-order valence-electron chi connectivity index (χ0n) is 21.7. The van der Waals surface area contributed by atoms with Crippen molar-refractivity contribution in [2.45, 2.75) is 38.7 Å². The van der Waals surface area contributed by atoms with Crippen molar-refractivity contribution in [1.82, 2.24) is 39.8 Å². The van der Waals surface area contributed by atoms with Gasteiger partial charge in [-0.15, -0.1) is 0 Å². The van der Waals surface area contributed by atoms with E-state index in [9.17, 15) is 9.18 Å². The van der Waals surface area contributed by atoms with E-state index in [2.05, 4.69) is 35.5 Å². The van der Waals surface area contributed by atoms with Gasteiger partial charge in [0.25, 0.3) is 0 Å². The molecule has 13 heteroatoms. The van der Waals surface area contributed by atoms with E-state index < -0.39 is 18.0 Å². The van der Waals surface area contributed by atoms with E-state index >= 15 is 0 Å². The Bertz CT molecular complexity index is 1460. The minimum atomic E-state index is -0.498. The average molecular weight is 533 g/mol. The zero-order chi connectivity index (χ0) is 26.9. The fourth-order valence-corrected chi connectivity index (χ4v) is 4.48. The molecule has 4 aromatic heterocycles. The predicted octanol–water partition coefficient (Wildman–Crippen LogP) is 3.87. The molecule has 12 nitrogen and oxygen atoms in total. The summed E-state index contributed by atoms with van der Waals surface area (Å²) in [7, 11) is 0. The molecular weight excluding hydrogens is 503 g/mol. The number of ether oxygens (including phenoxy) is 1. The number of anilines is 3. The van der Waals surface area contributed by atoms with Crippen LogP contribution < -0.4 is 10.2 Å². The quantitative estimate of drug-likeness (QED) is 0.364. The number of pyridine rings is 1. The van der Waals surface area contributed by atoms with Crippen LogP contribution in [0.3, 0.4) is 0 Å². The van der Waals surface area contributed by atoms with Crippen LogP contribution in [0.25, 0.3) is 5.82 Å². The summed E-state index contributed by atoms with van der Waals surface area (Å²) < 4.78 is 20.2. The Kier molecular flexibility index (Phi) is 6.55. The van der Waals surface area contributed by atoms with Crippen LogP contribution in [-0.4, -0.2) is 72.1 Å². The Morgan fingerprint density at radius 1 is 1.13 bits per heavy atom. The van der Waals surface area contributed by atoms with Crippen molar-refractivity contribution in [3.8, 4) is 5.82 Å². The number of H-pyrrole nitrogens is 1. The third-order valence-electron chi connectivity index (χ3n) is 6.84. The topological polar surface area (TPSA) is 130 Å². The largest absolute Gasteiger partial charge is 0.441 e. The van der Waals surface area contributed by atoms with Crippen LogP contribution in [0, 0.1) is 12.7 Å². The van der Waals surface area contributed by atoms with Gasteiger partial charge in [-0.1, -0.05) is 6.07 Å². The van der Waals surface area contributed by atoms with E-state index in [0.717, 1.165) is 29.0 Å². The van der Waals surface area contributed by atoms with Crippen molar-refractivity contribution in [3.63, 3.8) is 0 Å². The molecule has 1 amide bonds. The van der Waals surface area contributed by atoms with E-state index in [1.165, 1.54) is 23.7 Å². The molecule has 202 valence electrons. The van der Waals surface area contributed by atoms with Gasteiger partial charge in [-0.25, -0.2) is 23.8 Å². The first-order valence-corrected chi connectivity index (χ1v) is 13.0. The number of nitrogens with zero attached hydrogens (tertiary/aromatic N) is 8. The van der Waals surface area contributed by atoms with Crippen LogP contribution in [0.1, 0.15) is 48.7 Å². The van der Waals surface area contributed by atoms with Crippen LogP contribution >= 0.6 is 0 Å². The normalized spacial score (nSPS) is 16.3. The lowest BCUT2D eigenvalue weighted by molar-refractivity contribution is 0.0678. The summed E-state index contributed by atoms with van der Waals surface area (Å²) in [6.45, 7) is 5.85. The number of amides is 1. The zero-order valence-corrected chi connectivity index (χ0v) is 21.7. The van der Waals surface area contributed by atoms with E-state index in [1.54, 1.807) is 30.2 Å². The number of nitrogens with one attached hydrogen (secondary N) is 2. The standard InChI is InChI=1S/C26H29FN10O2/c1-16-11-22(31-23-12-21(33-34-23)18-3-4-18)32-25(30-16)35-7-9-36(10-8-35)26(38)39-17(2)19-5-6-24(28-13-19)37-15-20(27)14-29-37/h5-6,11-15,17-18H,3-4,7-10H2,1-2H3,(H2,30,31,32,33,34). The van der Waals surface area contributed by atoms with E-state index in [4.69, 9.17) is 9.72 Å². The molecule has 39 heavy (non-hydrogen) atoms. The van der Waals surface area contributed by atoms with Crippen LogP contribution in [0.4, 0.5) is 26.8 Å². The van der Waals surface area contributed by atoms with Gasteiger partial charge in [0.15, 0.2) is 17.5 Å². The Morgan fingerprint density at radius 2 is 1.95 bits per heavy atom. The van der Waals surface area contributed by atoms with E-state index in [1.807, 2.05) is 19.1 Å². The Morgan fingerprint density at radius 3 is 2.64 bits per heavy atom. The maximum absolute atomic E-state index is 13.2. The predicted molar refractivity (Wildman–Crippen MR) is 141 cm³/mol. The summed E-state index contributed by atoms with van der Waals surface area (Å²) in [6, 6.07) is 7.41. The molecule has 4 aromatic rings. The lowest BCUT2D eigenvalue weighted by atomic mass is 10.2. The number of hydrogen-bond donors (Lipinski definition) is 2. The SMILES string of the molecule is Cc1cc(Nc2cc(C3CC3)[nH]n2)nc(N2CCN(C(=O)OC(C)c3ccc(-n4cc(F)cn4)nc3)CC2)n1.